The number of alkyl halides is 3. The first-order chi connectivity index (χ1) is 15.6. The Kier molecular flexibility index (Phi) is 6.32. The van der Waals surface area contributed by atoms with Crippen molar-refractivity contribution in [3.63, 3.8) is 0 Å². The summed E-state index contributed by atoms with van der Waals surface area (Å²) < 4.78 is 40.7. The molecule has 176 valence electrons. The standard InChI is InChI=1S/C22H25ClF3N7/c1-21(2,3)33-20(28-29-30-33)18(15-7-5-4-6-8-15)31-9-11-32(12-10-31)19-17(23)13-16(14-27-19)22(24,25)26/h4-8,13-14,18H,9-12H2,1-3H3. The van der Waals surface area contributed by atoms with E-state index in [1.54, 1.807) is 0 Å². The van der Waals surface area contributed by atoms with Crippen molar-refractivity contribution in [3.05, 3.63) is 64.6 Å². The summed E-state index contributed by atoms with van der Waals surface area (Å²) in [6.07, 6.45) is -3.65. The number of anilines is 1. The minimum absolute atomic E-state index is 0.00504. The molecule has 1 fully saturated rings. The summed E-state index contributed by atoms with van der Waals surface area (Å²) in [6.45, 7) is 8.52. The lowest BCUT2D eigenvalue weighted by molar-refractivity contribution is -0.137. The van der Waals surface area contributed by atoms with E-state index in [9.17, 15) is 13.2 Å². The van der Waals surface area contributed by atoms with Crippen LogP contribution in [0.4, 0.5) is 19.0 Å². The Hall–Kier alpha value is -2.72. The number of piperazine rings is 1. The summed E-state index contributed by atoms with van der Waals surface area (Å²) in [6, 6.07) is 10.8. The van der Waals surface area contributed by atoms with Crippen molar-refractivity contribution < 1.29 is 13.2 Å². The number of hydrogen-bond acceptors (Lipinski definition) is 6. The van der Waals surface area contributed by atoms with Crippen LogP contribution in [0.15, 0.2) is 42.6 Å². The van der Waals surface area contributed by atoms with E-state index in [-0.39, 0.29) is 16.6 Å². The molecule has 4 rings (SSSR count). The average molecular weight is 480 g/mol. The Morgan fingerprint density at radius 1 is 1.00 bits per heavy atom. The summed E-state index contributed by atoms with van der Waals surface area (Å²) in [5.74, 6) is 1.10. The molecule has 0 amide bonds. The van der Waals surface area contributed by atoms with Crippen LogP contribution in [0.25, 0.3) is 0 Å². The van der Waals surface area contributed by atoms with Gasteiger partial charge in [-0.3, -0.25) is 4.90 Å². The number of benzene rings is 1. The van der Waals surface area contributed by atoms with Crippen molar-refractivity contribution >= 4 is 17.4 Å². The van der Waals surface area contributed by atoms with Gasteiger partial charge in [0.2, 0.25) is 0 Å². The molecule has 33 heavy (non-hydrogen) atoms. The third-order valence-electron chi connectivity index (χ3n) is 5.62. The predicted molar refractivity (Wildman–Crippen MR) is 119 cm³/mol. The first-order valence-corrected chi connectivity index (χ1v) is 11.0. The SMILES string of the molecule is CC(C)(C)n1nnnc1C(c1ccccc1)N1CCN(c2ncc(C(F)(F)F)cc2Cl)CC1. The molecule has 1 unspecified atom stereocenters. The van der Waals surface area contributed by atoms with Gasteiger partial charge in [-0.2, -0.15) is 13.2 Å². The zero-order chi connectivity index (χ0) is 23.8. The molecule has 0 N–H and O–H groups in total. The Morgan fingerprint density at radius 2 is 1.67 bits per heavy atom. The Labute approximate surface area is 195 Å². The van der Waals surface area contributed by atoms with Gasteiger partial charge in [-0.05, 0) is 42.8 Å². The van der Waals surface area contributed by atoms with Gasteiger partial charge in [-0.1, -0.05) is 41.9 Å². The molecule has 0 saturated carbocycles. The van der Waals surface area contributed by atoms with E-state index in [1.807, 2.05) is 60.7 Å². The van der Waals surface area contributed by atoms with Crippen LogP contribution in [0, 0.1) is 0 Å². The number of halogens is 4. The summed E-state index contributed by atoms with van der Waals surface area (Å²) in [4.78, 5) is 8.20. The van der Waals surface area contributed by atoms with Crippen molar-refractivity contribution in [2.24, 2.45) is 0 Å². The van der Waals surface area contributed by atoms with Gasteiger partial charge in [0, 0.05) is 32.4 Å². The predicted octanol–water partition coefficient (Wildman–Crippen LogP) is 4.41. The van der Waals surface area contributed by atoms with Gasteiger partial charge >= 0.3 is 6.18 Å². The van der Waals surface area contributed by atoms with E-state index in [1.165, 1.54) is 0 Å². The molecule has 0 spiro atoms. The third kappa shape index (κ3) is 4.96. The van der Waals surface area contributed by atoms with Crippen LogP contribution in [0.3, 0.4) is 0 Å². The molecule has 1 aliphatic heterocycles. The number of nitrogens with zero attached hydrogens (tertiary/aromatic N) is 7. The van der Waals surface area contributed by atoms with Gasteiger partial charge < -0.3 is 4.90 Å². The van der Waals surface area contributed by atoms with Crippen molar-refractivity contribution in [2.45, 2.75) is 38.5 Å². The Morgan fingerprint density at radius 3 is 2.24 bits per heavy atom. The topological polar surface area (TPSA) is 63.0 Å². The normalized spacial score (nSPS) is 16.8. The second-order valence-corrected chi connectivity index (χ2v) is 9.39. The molecule has 1 atom stereocenters. The maximum atomic E-state index is 13.0. The van der Waals surface area contributed by atoms with E-state index < -0.39 is 11.7 Å². The highest BCUT2D eigenvalue weighted by molar-refractivity contribution is 6.33. The number of pyridine rings is 1. The minimum atomic E-state index is -4.48. The van der Waals surface area contributed by atoms with Crippen molar-refractivity contribution in [1.82, 2.24) is 30.1 Å². The largest absolute Gasteiger partial charge is 0.417 e. The molecule has 0 radical (unpaired) electrons. The summed E-state index contributed by atoms with van der Waals surface area (Å²) in [5.41, 5.74) is -0.0873. The molecule has 3 heterocycles. The number of aromatic nitrogens is 5. The molecular weight excluding hydrogens is 455 g/mol. The maximum absolute atomic E-state index is 13.0. The van der Waals surface area contributed by atoms with Gasteiger partial charge in [-0.25, -0.2) is 9.67 Å². The molecule has 0 bridgehead atoms. The van der Waals surface area contributed by atoms with Crippen molar-refractivity contribution in [1.29, 1.82) is 0 Å². The highest BCUT2D eigenvalue weighted by atomic mass is 35.5. The molecule has 0 aliphatic carbocycles. The number of tetrazole rings is 1. The lowest BCUT2D eigenvalue weighted by Gasteiger charge is -2.40. The van der Waals surface area contributed by atoms with E-state index in [2.05, 4.69) is 25.4 Å². The smallest absolute Gasteiger partial charge is 0.353 e. The van der Waals surface area contributed by atoms with Gasteiger partial charge in [0.25, 0.3) is 0 Å². The molecule has 2 aromatic heterocycles. The summed E-state index contributed by atoms with van der Waals surface area (Å²) in [7, 11) is 0. The van der Waals surface area contributed by atoms with Crippen molar-refractivity contribution in [2.75, 3.05) is 31.1 Å². The van der Waals surface area contributed by atoms with Crippen LogP contribution in [-0.4, -0.2) is 56.3 Å². The minimum Gasteiger partial charge on any atom is -0.353 e. The molecular formula is C22H25ClF3N7. The first kappa shape index (κ1) is 23.4. The highest BCUT2D eigenvalue weighted by Gasteiger charge is 2.35. The number of hydrogen-bond donors (Lipinski definition) is 0. The molecule has 1 aliphatic rings. The highest BCUT2D eigenvalue weighted by Crippen LogP contribution is 2.35. The van der Waals surface area contributed by atoms with E-state index in [0.717, 1.165) is 23.7 Å². The van der Waals surface area contributed by atoms with Crippen LogP contribution >= 0.6 is 11.6 Å². The Balaban J connectivity index is 1.58. The fraction of sp³-hybridized carbons (Fsp3) is 0.455. The average Bonchev–Trinajstić information content (AvgIpc) is 3.25. The fourth-order valence-corrected chi connectivity index (χ4v) is 4.30. The second-order valence-electron chi connectivity index (χ2n) is 8.98. The van der Waals surface area contributed by atoms with Gasteiger partial charge in [0.1, 0.15) is 5.82 Å². The van der Waals surface area contributed by atoms with Crippen LogP contribution in [-0.2, 0) is 11.7 Å². The lowest BCUT2D eigenvalue weighted by atomic mass is 10.0. The summed E-state index contributed by atoms with van der Waals surface area (Å²) in [5, 5.41) is 12.5. The van der Waals surface area contributed by atoms with Gasteiger partial charge in [-0.15, -0.1) is 5.10 Å². The van der Waals surface area contributed by atoms with Crippen LogP contribution in [0.5, 0.6) is 0 Å². The summed E-state index contributed by atoms with van der Waals surface area (Å²) >= 11 is 6.17. The van der Waals surface area contributed by atoms with Gasteiger partial charge in [0.05, 0.1) is 22.2 Å². The molecule has 1 aromatic carbocycles. The second kappa shape index (κ2) is 8.90. The Bertz CT molecular complexity index is 1090. The third-order valence-corrected chi connectivity index (χ3v) is 5.90. The van der Waals surface area contributed by atoms with Crippen LogP contribution in [0.2, 0.25) is 5.02 Å². The van der Waals surface area contributed by atoms with E-state index in [4.69, 9.17) is 11.6 Å². The van der Waals surface area contributed by atoms with Gasteiger partial charge in [0.15, 0.2) is 5.82 Å². The molecule has 3 aromatic rings. The van der Waals surface area contributed by atoms with E-state index in [0.29, 0.717) is 32.0 Å². The maximum Gasteiger partial charge on any atom is 0.417 e. The van der Waals surface area contributed by atoms with Crippen LogP contribution in [0.1, 0.15) is 43.8 Å². The first-order valence-electron chi connectivity index (χ1n) is 10.6. The van der Waals surface area contributed by atoms with Crippen LogP contribution < -0.4 is 4.90 Å². The lowest BCUT2D eigenvalue weighted by Crippen LogP contribution is -2.49. The van der Waals surface area contributed by atoms with Crippen molar-refractivity contribution in [3.8, 4) is 0 Å². The van der Waals surface area contributed by atoms with E-state index >= 15 is 0 Å². The molecule has 7 nitrogen and oxygen atoms in total. The zero-order valence-corrected chi connectivity index (χ0v) is 19.3. The fourth-order valence-electron chi connectivity index (χ4n) is 4.01. The quantitative estimate of drug-likeness (QED) is 0.552. The number of rotatable bonds is 4. The molecule has 11 heteroatoms. The zero-order valence-electron chi connectivity index (χ0n) is 18.6. The molecule has 1 saturated heterocycles. The monoisotopic (exact) mass is 479 g/mol.